The second kappa shape index (κ2) is 7.85. The highest BCUT2D eigenvalue weighted by Gasteiger charge is 2.32. The van der Waals surface area contributed by atoms with Crippen molar-refractivity contribution in [2.24, 2.45) is 0 Å². The Hall–Kier alpha value is -3.13. The molecule has 0 spiro atoms. The average Bonchev–Trinajstić information content (AvgIpc) is 3.46. The Balaban J connectivity index is 1.29. The Bertz CT molecular complexity index is 942. The van der Waals surface area contributed by atoms with Crippen LogP contribution in [-0.2, 0) is 25.6 Å². The Labute approximate surface area is 165 Å². The first-order valence-electron chi connectivity index (χ1n) is 9.03. The molecule has 1 atom stereocenters. The number of nitrogens with one attached hydrogen (secondary N) is 2. The average molecular weight is 397 g/mol. The van der Waals surface area contributed by atoms with E-state index in [2.05, 4.69) is 27.8 Å². The van der Waals surface area contributed by atoms with Crippen molar-refractivity contribution in [2.45, 2.75) is 31.7 Å². The number of hydrogen-bond donors (Lipinski definition) is 2. The monoisotopic (exact) mass is 397 g/mol. The van der Waals surface area contributed by atoms with Crippen molar-refractivity contribution in [1.82, 2.24) is 15.4 Å². The van der Waals surface area contributed by atoms with Gasteiger partial charge in [0.1, 0.15) is 0 Å². The van der Waals surface area contributed by atoms with E-state index in [0.29, 0.717) is 11.5 Å². The number of hydrogen-bond acceptors (Lipinski definition) is 6. The van der Waals surface area contributed by atoms with Gasteiger partial charge in [0.05, 0.1) is 12.5 Å². The van der Waals surface area contributed by atoms with Crippen molar-refractivity contribution < 1.29 is 19.2 Å². The summed E-state index contributed by atoms with van der Waals surface area (Å²) in [7, 11) is 0. The van der Waals surface area contributed by atoms with E-state index in [9.17, 15) is 14.4 Å². The molecule has 1 fully saturated rings. The Morgan fingerprint density at radius 2 is 2.07 bits per heavy atom. The van der Waals surface area contributed by atoms with Crippen LogP contribution < -0.4 is 5.32 Å². The van der Waals surface area contributed by atoms with Gasteiger partial charge in [-0.2, -0.15) is 0 Å². The number of H-pyrrole nitrogens is 1. The standard InChI is InChI=1S/C20H19N3O4S/c24-18-8-9-19(25)23(18)27-20(26)10-6-13-3-4-14(21-13)12-15-5-7-16(22-15)17-2-1-11-28-17/h1-5,7,11-12,16,21-22H,6,8-10H2/b15-12-. The molecule has 1 unspecified atom stereocenters. The summed E-state index contributed by atoms with van der Waals surface area (Å²) in [6, 6.07) is 8.18. The molecule has 144 valence electrons. The zero-order valence-electron chi connectivity index (χ0n) is 15.0. The van der Waals surface area contributed by atoms with Gasteiger partial charge in [-0.1, -0.05) is 12.1 Å². The molecule has 28 heavy (non-hydrogen) atoms. The minimum Gasteiger partial charge on any atom is -0.374 e. The van der Waals surface area contributed by atoms with Gasteiger partial charge in [-0.05, 0) is 42.2 Å². The first kappa shape index (κ1) is 18.2. The van der Waals surface area contributed by atoms with Gasteiger partial charge in [0, 0.05) is 34.8 Å². The second-order valence-corrected chi connectivity index (χ2v) is 7.56. The number of thiophene rings is 1. The molecule has 2 amide bonds. The number of carbonyl (C=O) groups is 3. The first-order chi connectivity index (χ1) is 13.6. The third-order valence-electron chi connectivity index (χ3n) is 4.52. The van der Waals surface area contributed by atoms with Crippen molar-refractivity contribution in [3.63, 3.8) is 0 Å². The van der Waals surface area contributed by atoms with Crippen LogP contribution in [0.25, 0.3) is 6.08 Å². The zero-order valence-corrected chi connectivity index (χ0v) is 15.8. The summed E-state index contributed by atoms with van der Waals surface area (Å²) in [6.07, 6.45) is 6.87. The van der Waals surface area contributed by atoms with Crippen LogP contribution in [0.2, 0.25) is 0 Å². The first-order valence-corrected chi connectivity index (χ1v) is 9.91. The molecule has 0 radical (unpaired) electrons. The van der Waals surface area contributed by atoms with E-state index < -0.39 is 17.8 Å². The number of aryl methyl sites for hydroxylation is 1. The SMILES string of the molecule is O=C(CCc1ccc(/C=C2/C=CC(c3cccs3)N2)[nH]1)ON1C(=O)CCC1=O. The fourth-order valence-electron chi connectivity index (χ4n) is 3.10. The maximum Gasteiger partial charge on any atom is 0.333 e. The molecule has 0 bridgehead atoms. The zero-order chi connectivity index (χ0) is 19.5. The van der Waals surface area contributed by atoms with Crippen LogP contribution in [0.15, 0.2) is 47.5 Å². The normalized spacial score (nSPS) is 20.2. The highest BCUT2D eigenvalue weighted by Crippen LogP contribution is 2.26. The van der Waals surface area contributed by atoms with Gasteiger partial charge in [0.25, 0.3) is 11.8 Å². The van der Waals surface area contributed by atoms with Gasteiger partial charge < -0.3 is 15.1 Å². The molecular weight excluding hydrogens is 378 g/mol. The van der Waals surface area contributed by atoms with Crippen LogP contribution in [0.5, 0.6) is 0 Å². The van der Waals surface area contributed by atoms with E-state index in [4.69, 9.17) is 4.84 Å². The molecule has 1 saturated heterocycles. The van der Waals surface area contributed by atoms with Crippen LogP contribution in [0.3, 0.4) is 0 Å². The highest BCUT2D eigenvalue weighted by atomic mass is 32.1. The largest absolute Gasteiger partial charge is 0.374 e. The fraction of sp³-hybridized carbons (Fsp3) is 0.250. The summed E-state index contributed by atoms with van der Waals surface area (Å²) >= 11 is 1.72. The van der Waals surface area contributed by atoms with Crippen molar-refractivity contribution >= 4 is 35.2 Å². The van der Waals surface area contributed by atoms with Crippen LogP contribution in [-0.4, -0.2) is 27.8 Å². The summed E-state index contributed by atoms with van der Waals surface area (Å²) in [5.74, 6) is -1.53. The number of carbonyl (C=O) groups excluding carboxylic acids is 3. The third-order valence-corrected chi connectivity index (χ3v) is 5.47. The minimum absolute atomic E-state index is 0.0756. The smallest absolute Gasteiger partial charge is 0.333 e. The summed E-state index contributed by atoms with van der Waals surface area (Å²) < 4.78 is 0. The van der Waals surface area contributed by atoms with Gasteiger partial charge in [-0.3, -0.25) is 9.59 Å². The predicted molar refractivity (Wildman–Crippen MR) is 104 cm³/mol. The van der Waals surface area contributed by atoms with E-state index in [1.165, 1.54) is 4.88 Å². The quantitative estimate of drug-likeness (QED) is 0.732. The number of imide groups is 1. The third kappa shape index (κ3) is 4.07. The molecule has 2 aliphatic heterocycles. The summed E-state index contributed by atoms with van der Waals surface area (Å²) in [4.78, 5) is 44.2. The number of amides is 2. The lowest BCUT2D eigenvalue weighted by Gasteiger charge is -2.12. The van der Waals surface area contributed by atoms with Gasteiger partial charge >= 0.3 is 5.97 Å². The Morgan fingerprint density at radius 3 is 2.82 bits per heavy atom. The fourth-order valence-corrected chi connectivity index (χ4v) is 3.85. The number of hydroxylamine groups is 2. The molecule has 2 aromatic rings. The van der Waals surface area contributed by atoms with Gasteiger partial charge in [0.2, 0.25) is 0 Å². The molecule has 4 rings (SSSR count). The molecule has 0 saturated carbocycles. The molecule has 0 aromatic carbocycles. The number of rotatable bonds is 6. The van der Waals surface area contributed by atoms with Gasteiger partial charge in [-0.25, -0.2) is 4.79 Å². The van der Waals surface area contributed by atoms with Crippen LogP contribution in [0.1, 0.15) is 41.6 Å². The van der Waals surface area contributed by atoms with E-state index in [-0.39, 0.29) is 25.3 Å². The van der Waals surface area contributed by atoms with Crippen molar-refractivity contribution in [3.8, 4) is 0 Å². The number of nitrogens with zero attached hydrogens (tertiary/aromatic N) is 1. The number of aromatic nitrogens is 1. The lowest BCUT2D eigenvalue weighted by Crippen LogP contribution is -2.32. The highest BCUT2D eigenvalue weighted by molar-refractivity contribution is 7.10. The van der Waals surface area contributed by atoms with Crippen LogP contribution >= 0.6 is 11.3 Å². The molecule has 2 N–H and O–H groups in total. The maximum absolute atomic E-state index is 11.9. The Kier molecular flexibility index (Phi) is 5.12. The topological polar surface area (TPSA) is 91.5 Å². The van der Waals surface area contributed by atoms with Crippen molar-refractivity contribution in [2.75, 3.05) is 0 Å². The molecule has 8 heteroatoms. The van der Waals surface area contributed by atoms with Crippen LogP contribution in [0, 0.1) is 0 Å². The lowest BCUT2D eigenvalue weighted by atomic mass is 10.2. The molecule has 2 aromatic heterocycles. The van der Waals surface area contributed by atoms with E-state index in [1.54, 1.807) is 11.3 Å². The summed E-state index contributed by atoms with van der Waals surface area (Å²) in [6.45, 7) is 0. The Morgan fingerprint density at radius 1 is 1.25 bits per heavy atom. The predicted octanol–water partition coefficient (Wildman–Crippen LogP) is 2.86. The molecule has 7 nitrogen and oxygen atoms in total. The van der Waals surface area contributed by atoms with E-state index in [0.717, 1.165) is 17.1 Å². The van der Waals surface area contributed by atoms with Gasteiger partial charge in [0.15, 0.2) is 0 Å². The molecule has 4 heterocycles. The molecule has 0 aliphatic carbocycles. The lowest BCUT2D eigenvalue weighted by molar-refractivity contribution is -0.197. The van der Waals surface area contributed by atoms with Gasteiger partial charge in [-0.15, -0.1) is 16.4 Å². The molecule has 2 aliphatic rings. The second-order valence-electron chi connectivity index (χ2n) is 6.58. The summed E-state index contributed by atoms with van der Waals surface area (Å²) in [5, 5.41) is 6.09. The maximum atomic E-state index is 11.9. The van der Waals surface area contributed by atoms with Crippen molar-refractivity contribution in [1.29, 1.82) is 0 Å². The van der Waals surface area contributed by atoms with Crippen LogP contribution in [0.4, 0.5) is 0 Å². The minimum atomic E-state index is -0.600. The van der Waals surface area contributed by atoms with E-state index in [1.807, 2.05) is 30.4 Å². The number of aromatic amines is 1. The van der Waals surface area contributed by atoms with E-state index >= 15 is 0 Å². The number of allylic oxidation sites excluding steroid dienone is 1. The molecular formula is C20H19N3O4S. The van der Waals surface area contributed by atoms with Crippen molar-refractivity contribution in [3.05, 3.63) is 63.8 Å². The summed E-state index contributed by atoms with van der Waals surface area (Å²) in [5.41, 5.74) is 2.81.